The first kappa shape index (κ1) is 59.3. The van der Waals surface area contributed by atoms with Crippen LogP contribution >= 0.6 is 35.2 Å². The van der Waals surface area contributed by atoms with Crippen LogP contribution in [0.25, 0.3) is 11.2 Å². The number of rotatable bonds is 34. The molecular formula is C40H68N7O17P3S. The summed E-state index contributed by atoms with van der Waals surface area (Å²) in [6.07, 6.45) is 11.2. The molecule has 2 aromatic heterocycles. The maximum absolute atomic E-state index is 12.7. The Balaban J connectivity index is 1.30. The van der Waals surface area contributed by atoms with Gasteiger partial charge in [0.1, 0.15) is 36.3 Å². The number of nitrogens with two attached hydrogens (primary N) is 1. The summed E-state index contributed by atoms with van der Waals surface area (Å²) in [5.74, 6) is -1.05. The fourth-order valence-corrected chi connectivity index (χ4v) is 10.3. The van der Waals surface area contributed by atoms with Crippen LogP contribution in [0, 0.1) is 5.41 Å². The minimum absolute atomic E-state index is 0.0320. The molecule has 3 heterocycles. The van der Waals surface area contributed by atoms with Crippen molar-refractivity contribution in [2.45, 2.75) is 141 Å². The van der Waals surface area contributed by atoms with E-state index in [4.69, 9.17) is 19.5 Å². The van der Waals surface area contributed by atoms with E-state index in [1.54, 1.807) is 0 Å². The highest BCUT2D eigenvalue weighted by Gasteiger charge is 2.50. The molecule has 1 saturated heterocycles. The van der Waals surface area contributed by atoms with Crippen molar-refractivity contribution in [2.75, 3.05) is 37.8 Å². The number of phosphoric ester groups is 3. The van der Waals surface area contributed by atoms with Crippen LogP contribution in [0.2, 0.25) is 0 Å². The molecule has 1 aliphatic rings. The zero-order chi connectivity index (χ0) is 50.5. The zero-order valence-corrected chi connectivity index (χ0v) is 42.1. The van der Waals surface area contributed by atoms with E-state index < -0.39 is 84.6 Å². The number of aliphatic hydroxyl groups excluding tert-OH is 2. The number of unbranched alkanes of at least 4 members (excludes halogenated alkanes) is 7. The topological polar surface area (TPSA) is 364 Å². The second kappa shape index (κ2) is 28.8. The van der Waals surface area contributed by atoms with Crippen molar-refractivity contribution in [1.82, 2.24) is 30.2 Å². The van der Waals surface area contributed by atoms with Gasteiger partial charge in [0.05, 0.1) is 19.5 Å². The lowest BCUT2D eigenvalue weighted by molar-refractivity contribution is -0.137. The number of allylic oxidation sites excluding steroid dienone is 3. The third-order valence-electron chi connectivity index (χ3n) is 10.5. The van der Waals surface area contributed by atoms with Crippen LogP contribution in [0.15, 0.2) is 37.0 Å². The molecule has 386 valence electrons. The zero-order valence-electron chi connectivity index (χ0n) is 38.6. The normalized spacial score (nSPS) is 20.0. The predicted octanol–water partition coefficient (Wildman–Crippen LogP) is 4.87. The van der Waals surface area contributed by atoms with Gasteiger partial charge in [0.2, 0.25) is 11.8 Å². The Hall–Kier alpha value is -2.96. The second-order valence-electron chi connectivity index (χ2n) is 16.8. The van der Waals surface area contributed by atoms with Gasteiger partial charge in [0.25, 0.3) is 0 Å². The fraction of sp³-hybridized carbons (Fsp3) is 0.700. The van der Waals surface area contributed by atoms with Gasteiger partial charge >= 0.3 is 23.5 Å². The number of phosphoric acid groups is 3. The van der Waals surface area contributed by atoms with Crippen LogP contribution in [0.3, 0.4) is 0 Å². The average molecular weight is 1040 g/mol. The Morgan fingerprint density at radius 2 is 1.60 bits per heavy atom. The molecule has 3 rings (SSSR count). The van der Waals surface area contributed by atoms with Crippen molar-refractivity contribution < 1.29 is 80.5 Å². The fourth-order valence-electron chi connectivity index (χ4n) is 6.70. The van der Waals surface area contributed by atoms with Gasteiger partial charge in [-0.05, 0) is 44.9 Å². The van der Waals surface area contributed by atoms with Gasteiger partial charge in [0.15, 0.2) is 22.8 Å². The van der Waals surface area contributed by atoms with Crippen molar-refractivity contribution in [3.05, 3.63) is 37.0 Å². The Morgan fingerprint density at radius 1 is 0.926 bits per heavy atom. The molecule has 2 amide bonds. The summed E-state index contributed by atoms with van der Waals surface area (Å²) in [6, 6.07) is 0. The molecule has 0 aromatic carbocycles. The molecule has 28 heteroatoms. The summed E-state index contributed by atoms with van der Waals surface area (Å²) in [5.41, 5.74) is 5.61. The molecule has 0 spiro atoms. The van der Waals surface area contributed by atoms with Crippen LogP contribution in [0.4, 0.5) is 5.82 Å². The maximum Gasteiger partial charge on any atom is 0.481 e. The highest BCUT2D eigenvalue weighted by molar-refractivity contribution is 8.13. The molecule has 68 heavy (non-hydrogen) atoms. The quantitative estimate of drug-likeness (QED) is 0.0256. The third-order valence-corrected chi connectivity index (χ3v) is 14.5. The van der Waals surface area contributed by atoms with E-state index in [-0.39, 0.29) is 41.6 Å². The van der Waals surface area contributed by atoms with Crippen molar-refractivity contribution in [2.24, 2.45) is 5.41 Å². The molecule has 10 N–H and O–H groups in total. The van der Waals surface area contributed by atoms with E-state index in [1.807, 2.05) is 0 Å². The van der Waals surface area contributed by atoms with Gasteiger partial charge in [0, 0.05) is 37.1 Å². The molecule has 7 atom stereocenters. The molecule has 0 radical (unpaired) electrons. The van der Waals surface area contributed by atoms with Crippen LogP contribution in [0.1, 0.15) is 117 Å². The lowest BCUT2D eigenvalue weighted by Gasteiger charge is -2.30. The van der Waals surface area contributed by atoms with Crippen LogP contribution in [-0.2, 0) is 50.7 Å². The summed E-state index contributed by atoms with van der Waals surface area (Å²) < 4.78 is 62.4. The molecule has 0 bridgehead atoms. The van der Waals surface area contributed by atoms with Gasteiger partial charge in [-0.1, -0.05) is 88.9 Å². The highest BCUT2D eigenvalue weighted by Crippen LogP contribution is 2.61. The standard InChI is InChI=1S/C40H68N7O17P3S/c1-5-6-14-17-28(2)18-15-12-10-8-7-9-11-13-16-19-31(49)68-23-22-42-30(48)20-21-43-38(52)35(51)40(3,4)25-61-67(58,59)64-66(56,57)60-24-29-34(63-65(53,54)55)33(50)39(62-29)47-27-46-32-36(41)44-26-45-37(32)47/h10,12,26-27,29,33-35,39,50-51H,2,5-9,11,13-25H2,1,3-4H3,(H,42,48)(H,43,52)(H,56,57)(H,58,59)(H2,41,44,45)(H2,53,54,55)/b12-10-/t29-,33-,34-,35+,39-/m1/s1. The second-order valence-corrected chi connectivity index (χ2v) is 22.2. The van der Waals surface area contributed by atoms with Crippen LogP contribution < -0.4 is 16.4 Å². The largest absolute Gasteiger partial charge is 0.481 e. The number of nitrogens with one attached hydrogen (secondary N) is 2. The minimum atomic E-state index is -5.58. The number of hydrogen-bond acceptors (Lipinski definition) is 18. The molecule has 0 aliphatic carbocycles. The number of nitrogens with zero attached hydrogens (tertiary/aromatic N) is 4. The number of amides is 2. The summed E-state index contributed by atoms with van der Waals surface area (Å²) in [5, 5.41) is 26.6. The van der Waals surface area contributed by atoms with E-state index in [2.05, 4.69) is 60.1 Å². The number of thioether (sulfide) groups is 1. The van der Waals surface area contributed by atoms with Gasteiger partial charge in [-0.3, -0.25) is 32.5 Å². The first-order valence-electron chi connectivity index (χ1n) is 22.3. The van der Waals surface area contributed by atoms with Gasteiger partial charge in [-0.2, -0.15) is 4.31 Å². The van der Waals surface area contributed by atoms with E-state index in [9.17, 15) is 57.9 Å². The van der Waals surface area contributed by atoms with Crippen molar-refractivity contribution in [3.8, 4) is 0 Å². The molecule has 2 unspecified atom stereocenters. The average Bonchev–Trinajstić information content (AvgIpc) is 3.82. The number of aromatic nitrogens is 4. The van der Waals surface area contributed by atoms with Crippen LogP contribution in [-0.4, -0.2) is 123 Å². The number of anilines is 1. The lowest BCUT2D eigenvalue weighted by atomic mass is 9.87. The van der Waals surface area contributed by atoms with Crippen molar-refractivity contribution in [1.29, 1.82) is 0 Å². The number of carbonyl (C=O) groups is 3. The minimum Gasteiger partial charge on any atom is -0.386 e. The highest BCUT2D eigenvalue weighted by atomic mass is 32.2. The number of ether oxygens (including phenoxy) is 1. The molecule has 24 nitrogen and oxygen atoms in total. The number of imidazole rings is 1. The summed E-state index contributed by atoms with van der Waals surface area (Å²) in [4.78, 5) is 88.4. The van der Waals surface area contributed by atoms with E-state index in [1.165, 1.54) is 38.7 Å². The Kier molecular flexibility index (Phi) is 25.1. The Bertz CT molecular complexity index is 2130. The monoisotopic (exact) mass is 1040 g/mol. The lowest BCUT2D eigenvalue weighted by Crippen LogP contribution is -2.46. The molecule has 1 aliphatic heterocycles. The number of hydrogen-bond donors (Lipinski definition) is 9. The smallest absolute Gasteiger partial charge is 0.386 e. The van der Waals surface area contributed by atoms with E-state index in [0.717, 1.165) is 86.8 Å². The molecule has 1 fully saturated rings. The van der Waals surface area contributed by atoms with E-state index in [0.29, 0.717) is 12.2 Å². The van der Waals surface area contributed by atoms with Crippen molar-refractivity contribution >= 4 is 69.1 Å². The number of carbonyl (C=O) groups excluding carboxylic acids is 3. The summed E-state index contributed by atoms with van der Waals surface area (Å²) in [7, 11) is -16.4. The third kappa shape index (κ3) is 21.6. The van der Waals surface area contributed by atoms with Gasteiger partial charge < -0.3 is 50.9 Å². The van der Waals surface area contributed by atoms with Gasteiger partial charge in [-0.15, -0.1) is 0 Å². The van der Waals surface area contributed by atoms with Crippen LogP contribution in [0.5, 0.6) is 0 Å². The Labute approximate surface area is 400 Å². The summed E-state index contributed by atoms with van der Waals surface area (Å²) in [6.45, 7) is 6.92. The predicted molar refractivity (Wildman–Crippen MR) is 251 cm³/mol. The summed E-state index contributed by atoms with van der Waals surface area (Å²) >= 11 is 1.14. The number of nitrogen functional groups attached to an aromatic ring is 1. The molecular weight excluding hydrogens is 975 g/mol. The van der Waals surface area contributed by atoms with Crippen molar-refractivity contribution in [3.63, 3.8) is 0 Å². The van der Waals surface area contributed by atoms with Gasteiger partial charge in [-0.25, -0.2) is 28.6 Å². The molecule has 2 aromatic rings. The SMILES string of the molecule is C=C(CC/C=C\CCCCCCCC(=O)SCCNC(=O)CCNC(=O)[C@H](O)C(C)(C)COP(=O)(O)OP(=O)(O)OC[C@H]1O[C@@H](n2cnc3c(N)ncnc32)[C@H](O)[C@@H]1OP(=O)(O)O)CCCCC. The first-order chi connectivity index (χ1) is 31.9. The van der Waals surface area contributed by atoms with E-state index >= 15 is 0 Å². The Morgan fingerprint density at radius 3 is 2.32 bits per heavy atom. The molecule has 0 saturated carbocycles. The first-order valence-corrected chi connectivity index (χ1v) is 27.8. The number of aliphatic hydroxyl groups is 2. The maximum atomic E-state index is 12.7. The number of fused-ring (bicyclic) bond motifs is 1.